The first-order valence-electron chi connectivity index (χ1n) is 7.18. The number of amides is 1. The number of benzene rings is 2. The molecule has 0 unspecified atom stereocenters. The van der Waals surface area contributed by atoms with Gasteiger partial charge < -0.3 is 10.1 Å². The molecule has 0 saturated carbocycles. The Kier molecular flexibility index (Phi) is 3.67. The quantitative estimate of drug-likeness (QED) is 0.867. The topological polar surface area (TPSA) is 55.4 Å². The zero-order chi connectivity index (χ0) is 15.7. The number of rotatable bonds is 2. The molecule has 3 rings (SSSR count). The Morgan fingerprint density at radius 2 is 1.91 bits per heavy atom. The summed E-state index contributed by atoms with van der Waals surface area (Å²) in [5.74, 6) is -0.746. The average Bonchev–Trinajstić information content (AvgIpc) is 2.53. The Labute approximate surface area is 128 Å². The monoisotopic (exact) mass is 295 g/mol. The van der Waals surface area contributed by atoms with Crippen LogP contribution in [0.1, 0.15) is 24.8 Å². The molecular weight excluding hydrogens is 278 g/mol. The van der Waals surface area contributed by atoms with Crippen LogP contribution in [0.2, 0.25) is 0 Å². The van der Waals surface area contributed by atoms with Gasteiger partial charge in [0.05, 0.1) is 12.7 Å². The van der Waals surface area contributed by atoms with Crippen molar-refractivity contribution < 1.29 is 14.3 Å². The van der Waals surface area contributed by atoms with Crippen molar-refractivity contribution in [3.8, 4) is 0 Å². The maximum absolute atomic E-state index is 12.1. The number of esters is 1. The summed E-state index contributed by atoms with van der Waals surface area (Å²) in [6.07, 6.45) is 0.250. The van der Waals surface area contributed by atoms with Crippen LogP contribution >= 0.6 is 0 Å². The Balaban J connectivity index is 2.11. The number of nitrogens with one attached hydrogen (secondary N) is 1. The van der Waals surface area contributed by atoms with E-state index < -0.39 is 5.97 Å². The van der Waals surface area contributed by atoms with Crippen molar-refractivity contribution in [1.82, 2.24) is 5.32 Å². The number of hydrogen-bond donors (Lipinski definition) is 1. The van der Waals surface area contributed by atoms with E-state index in [1.807, 2.05) is 42.5 Å². The molecule has 1 amide bonds. The van der Waals surface area contributed by atoms with Gasteiger partial charge in [-0.3, -0.25) is 4.79 Å². The molecule has 0 fully saturated rings. The summed E-state index contributed by atoms with van der Waals surface area (Å²) in [5.41, 5.74) is 2.05. The summed E-state index contributed by atoms with van der Waals surface area (Å²) in [6.45, 7) is 1.73. The Bertz CT molecular complexity index is 792. The molecule has 4 heteroatoms. The van der Waals surface area contributed by atoms with E-state index in [0.29, 0.717) is 11.3 Å². The molecule has 2 aromatic rings. The maximum Gasteiger partial charge on any atom is 0.336 e. The fourth-order valence-corrected chi connectivity index (χ4v) is 2.99. The SMILES string of the molecule is COC(=O)C1=C(C)NC(=O)C[C@H]1c1ccc2ccccc2c1. The molecule has 0 spiro atoms. The minimum atomic E-state index is -0.393. The minimum absolute atomic E-state index is 0.0803. The molecule has 1 aliphatic rings. The van der Waals surface area contributed by atoms with Gasteiger partial charge in [-0.25, -0.2) is 4.79 Å². The summed E-state index contributed by atoms with van der Waals surface area (Å²) in [7, 11) is 1.36. The predicted molar refractivity (Wildman–Crippen MR) is 84.2 cm³/mol. The second-order valence-electron chi connectivity index (χ2n) is 5.44. The molecule has 1 atom stereocenters. The summed E-state index contributed by atoms with van der Waals surface area (Å²) in [6, 6.07) is 14.0. The lowest BCUT2D eigenvalue weighted by molar-refractivity contribution is -0.136. The number of carbonyl (C=O) groups excluding carboxylic acids is 2. The second kappa shape index (κ2) is 5.64. The third-order valence-electron chi connectivity index (χ3n) is 4.05. The molecule has 1 N–H and O–H groups in total. The molecule has 0 aromatic heterocycles. The van der Waals surface area contributed by atoms with Crippen LogP contribution in [0.25, 0.3) is 10.8 Å². The van der Waals surface area contributed by atoms with Crippen LogP contribution in [-0.2, 0) is 14.3 Å². The van der Waals surface area contributed by atoms with E-state index in [2.05, 4.69) is 5.32 Å². The van der Waals surface area contributed by atoms with Gasteiger partial charge in [-0.05, 0) is 23.3 Å². The van der Waals surface area contributed by atoms with E-state index in [1.54, 1.807) is 6.92 Å². The molecule has 0 bridgehead atoms. The van der Waals surface area contributed by atoms with Gasteiger partial charge in [0.15, 0.2) is 0 Å². The molecule has 112 valence electrons. The number of ether oxygens (including phenoxy) is 1. The van der Waals surface area contributed by atoms with Crippen molar-refractivity contribution in [1.29, 1.82) is 0 Å². The highest BCUT2D eigenvalue weighted by Gasteiger charge is 2.32. The fraction of sp³-hybridized carbons (Fsp3) is 0.222. The number of carbonyl (C=O) groups is 2. The zero-order valence-corrected chi connectivity index (χ0v) is 12.6. The Morgan fingerprint density at radius 3 is 2.64 bits per heavy atom. The maximum atomic E-state index is 12.1. The number of allylic oxidation sites excluding steroid dienone is 1. The predicted octanol–water partition coefficient (Wildman–Crippen LogP) is 2.89. The molecule has 2 aromatic carbocycles. The summed E-state index contributed by atoms with van der Waals surface area (Å²) in [4.78, 5) is 24.0. The van der Waals surface area contributed by atoms with E-state index in [4.69, 9.17) is 4.74 Å². The first-order valence-corrected chi connectivity index (χ1v) is 7.18. The van der Waals surface area contributed by atoms with Crippen LogP contribution < -0.4 is 5.32 Å². The lowest BCUT2D eigenvalue weighted by Gasteiger charge is -2.26. The molecule has 22 heavy (non-hydrogen) atoms. The molecule has 1 heterocycles. The number of hydrogen-bond acceptors (Lipinski definition) is 3. The lowest BCUT2D eigenvalue weighted by Crippen LogP contribution is -2.34. The minimum Gasteiger partial charge on any atom is -0.466 e. The van der Waals surface area contributed by atoms with Gasteiger partial charge in [-0.15, -0.1) is 0 Å². The molecule has 0 radical (unpaired) electrons. The van der Waals surface area contributed by atoms with Crippen LogP contribution in [0.5, 0.6) is 0 Å². The van der Waals surface area contributed by atoms with Gasteiger partial charge in [-0.1, -0.05) is 42.5 Å². The van der Waals surface area contributed by atoms with Crippen LogP contribution in [0, 0.1) is 0 Å². The van der Waals surface area contributed by atoms with E-state index in [0.717, 1.165) is 16.3 Å². The summed E-state index contributed by atoms with van der Waals surface area (Å²) < 4.78 is 4.89. The van der Waals surface area contributed by atoms with E-state index >= 15 is 0 Å². The van der Waals surface area contributed by atoms with Crippen molar-refractivity contribution in [2.75, 3.05) is 7.11 Å². The molecular formula is C18H17NO3. The standard InChI is InChI=1S/C18H17NO3/c1-11-17(18(21)22-2)15(10-16(20)19-11)14-8-7-12-5-3-4-6-13(12)9-14/h3-9,15H,10H2,1-2H3,(H,19,20)/t15-/m0/s1. The Morgan fingerprint density at radius 1 is 1.18 bits per heavy atom. The lowest BCUT2D eigenvalue weighted by atomic mass is 9.84. The zero-order valence-electron chi connectivity index (χ0n) is 12.6. The van der Waals surface area contributed by atoms with Gasteiger partial charge in [0.1, 0.15) is 0 Å². The molecule has 1 aliphatic heterocycles. The van der Waals surface area contributed by atoms with Gasteiger partial charge in [0.2, 0.25) is 5.91 Å². The van der Waals surface area contributed by atoms with Crippen LogP contribution in [0.4, 0.5) is 0 Å². The van der Waals surface area contributed by atoms with Gasteiger partial charge in [0, 0.05) is 18.0 Å². The Hall–Kier alpha value is -2.62. The van der Waals surface area contributed by atoms with Crippen molar-refractivity contribution in [3.05, 3.63) is 59.3 Å². The van der Waals surface area contributed by atoms with Crippen LogP contribution in [0.3, 0.4) is 0 Å². The highest BCUT2D eigenvalue weighted by atomic mass is 16.5. The second-order valence-corrected chi connectivity index (χ2v) is 5.44. The van der Waals surface area contributed by atoms with Crippen molar-refractivity contribution >= 4 is 22.6 Å². The summed E-state index contributed by atoms with van der Waals surface area (Å²) >= 11 is 0. The number of fused-ring (bicyclic) bond motifs is 1. The van der Waals surface area contributed by atoms with E-state index in [1.165, 1.54) is 7.11 Å². The van der Waals surface area contributed by atoms with Gasteiger partial charge >= 0.3 is 5.97 Å². The fourth-order valence-electron chi connectivity index (χ4n) is 2.99. The number of methoxy groups -OCH3 is 1. The first-order chi connectivity index (χ1) is 10.6. The molecule has 0 saturated heterocycles. The van der Waals surface area contributed by atoms with Gasteiger partial charge in [-0.2, -0.15) is 0 Å². The highest BCUT2D eigenvalue weighted by Crippen LogP contribution is 2.34. The third kappa shape index (κ3) is 2.48. The van der Waals surface area contributed by atoms with Crippen molar-refractivity contribution in [2.24, 2.45) is 0 Å². The average molecular weight is 295 g/mol. The largest absolute Gasteiger partial charge is 0.466 e. The van der Waals surface area contributed by atoms with Gasteiger partial charge in [0.25, 0.3) is 0 Å². The highest BCUT2D eigenvalue weighted by molar-refractivity contribution is 5.96. The van der Waals surface area contributed by atoms with E-state index in [9.17, 15) is 9.59 Å². The van der Waals surface area contributed by atoms with Crippen molar-refractivity contribution in [2.45, 2.75) is 19.3 Å². The first kappa shape index (κ1) is 14.3. The van der Waals surface area contributed by atoms with Crippen LogP contribution in [0.15, 0.2) is 53.7 Å². The normalized spacial score (nSPS) is 18.3. The van der Waals surface area contributed by atoms with Crippen LogP contribution in [-0.4, -0.2) is 19.0 Å². The third-order valence-corrected chi connectivity index (χ3v) is 4.05. The summed E-state index contributed by atoms with van der Waals surface area (Å²) in [5, 5.41) is 4.94. The molecule has 4 nitrogen and oxygen atoms in total. The molecule has 0 aliphatic carbocycles. The van der Waals surface area contributed by atoms with Crippen molar-refractivity contribution in [3.63, 3.8) is 0 Å². The van der Waals surface area contributed by atoms with E-state index in [-0.39, 0.29) is 18.2 Å². The smallest absolute Gasteiger partial charge is 0.336 e.